The third-order valence-electron chi connectivity index (χ3n) is 4.63. The first kappa shape index (κ1) is 25.0. The van der Waals surface area contributed by atoms with Gasteiger partial charge in [-0.1, -0.05) is 56.5 Å². The number of halogens is 3. The molecule has 2 aromatic carbocycles. The van der Waals surface area contributed by atoms with Crippen molar-refractivity contribution >= 4 is 11.9 Å². The minimum atomic E-state index is -4.84. The zero-order chi connectivity index (χ0) is 23.6. The van der Waals surface area contributed by atoms with Crippen LogP contribution in [0, 0.1) is 0 Å². The average molecular weight is 452 g/mol. The largest absolute Gasteiger partial charge is 0.493 e. The van der Waals surface area contributed by atoms with Gasteiger partial charge in [-0.15, -0.1) is 0 Å². The predicted octanol–water partition coefficient (Wildman–Crippen LogP) is 5.31. The maximum absolute atomic E-state index is 13.6. The molecule has 0 heterocycles. The van der Waals surface area contributed by atoms with Gasteiger partial charge in [0, 0.05) is 6.54 Å². The molecule has 0 bridgehead atoms. The number of unbranched alkanes of at least 4 members (excludes halogenated alkanes) is 3. The fraction of sp³-hybridized carbons (Fsp3) is 0.391. The Morgan fingerprint density at radius 1 is 1.00 bits per heavy atom. The highest BCUT2D eigenvalue weighted by atomic mass is 19.4. The maximum atomic E-state index is 13.6. The molecular formula is C23H27F3N2O4. The first-order chi connectivity index (χ1) is 15.3. The molecule has 0 spiro atoms. The standard InChI is InChI=1S/C23H27F3N2O4/c1-3-4-5-9-12-27-22(30)28-21(29)17-13-20(32-15-16-10-7-6-8-11-16)19(31-2)14-18(17)23(24,25)26/h6-8,10-11,13-14H,3-5,9,12,15H2,1-2H3,(H2,27,28,29,30). The van der Waals surface area contributed by atoms with Crippen LogP contribution in [0.2, 0.25) is 0 Å². The van der Waals surface area contributed by atoms with Crippen molar-refractivity contribution in [1.29, 1.82) is 0 Å². The van der Waals surface area contributed by atoms with Crippen LogP contribution in [-0.4, -0.2) is 25.6 Å². The number of rotatable bonds is 10. The van der Waals surface area contributed by atoms with Crippen LogP contribution in [0.1, 0.15) is 54.1 Å². The molecule has 2 aromatic rings. The SMILES string of the molecule is CCCCCCNC(=O)NC(=O)c1cc(OCc2ccccc2)c(OC)cc1C(F)(F)F. The highest BCUT2D eigenvalue weighted by molar-refractivity contribution is 6.05. The molecule has 2 N–H and O–H groups in total. The molecular weight excluding hydrogens is 425 g/mol. The van der Waals surface area contributed by atoms with E-state index in [2.05, 4.69) is 5.32 Å². The van der Waals surface area contributed by atoms with Crippen LogP contribution in [0.3, 0.4) is 0 Å². The van der Waals surface area contributed by atoms with Gasteiger partial charge in [0.15, 0.2) is 11.5 Å². The van der Waals surface area contributed by atoms with E-state index in [0.717, 1.165) is 30.9 Å². The number of carbonyl (C=O) groups is 2. The molecule has 0 atom stereocenters. The molecule has 32 heavy (non-hydrogen) atoms. The van der Waals surface area contributed by atoms with Crippen molar-refractivity contribution in [2.45, 2.75) is 45.4 Å². The Labute approximate surface area is 185 Å². The van der Waals surface area contributed by atoms with Gasteiger partial charge in [-0.05, 0) is 24.1 Å². The number of hydrogen-bond acceptors (Lipinski definition) is 4. The summed E-state index contributed by atoms with van der Waals surface area (Å²) in [4.78, 5) is 24.5. The summed E-state index contributed by atoms with van der Waals surface area (Å²) in [6.07, 6.45) is -1.19. The first-order valence-corrected chi connectivity index (χ1v) is 10.3. The Hall–Kier alpha value is -3.23. The lowest BCUT2D eigenvalue weighted by molar-refractivity contribution is -0.138. The van der Waals surface area contributed by atoms with Crippen molar-refractivity contribution in [3.63, 3.8) is 0 Å². The molecule has 9 heteroatoms. The van der Waals surface area contributed by atoms with Crippen molar-refractivity contribution in [3.05, 3.63) is 59.2 Å². The predicted molar refractivity (Wildman–Crippen MR) is 114 cm³/mol. The summed E-state index contributed by atoms with van der Waals surface area (Å²) >= 11 is 0. The Balaban J connectivity index is 2.20. The number of ether oxygens (including phenoxy) is 2. The topological polar surface area (TPSA) is 76.7 Å². The van der Waals surface area contributed by atoms with Crippen LogP contribution in [0.5, 0.6) is 11.5 Å². The summed E-state index contributed by atoms with van der Waals surface area (Å²) in [5, 5.41) is 4.43. The van der Waals surface area contributed by atoms with Gasteiger partial charge in [-0.25, -0.2) is 4.79 Å². The van der Waals surface area contributed by atoms with Crippen molar-refractivity contribution in [2.24, 2.45) is 0 Å². The summed E-state index contributed by atoms with van der Waals surface area (Å²) in [6.45, 7) is 2.42. The Bertz CT molecular complexity index is 902. The summed E-state index contributed by atoms with van der Waals surface area (Å²) in [5.41, 5.74) is -1.18. The molecule has 174 valence electrons. The smallest absolute Gasteiger partial charge is 0.417 e. The average Bonchev–Trinajstić information content (AvgIpc) is 2.76. The molecule has 2 rings (SSSR count). The van der Waals surface area contributed by atoms with Crippen molar-refractivity contribution < 1.29 is 32.2 Å². The minimum absolute atomic E-state index is 0.0468. The lowest BCUT2D eigenvalue weighted by atomic mass is 10.0. The van der Waals surface area contributed by atoms with Crippen LogP contribution >= 0.6 is 0 Å². The number of carbonyl (C=O) groups excluding carboxylic acids is 2. The van der Waals surface area contributed by atoms with Crippen LogP contribution in [0.4, 0.5) is 18.0 Å². The molecule has 0 saturated heterocycles. The van der Waals surface area contributed by atoms with Gasteiger partial charge in [0.05, 0.1) is 18.2 Å². The molecule has 0 fully saturated rings. The highest BCUT2D eigenvalue weighted by Gasteiger charge is 2.37. The number of nitrogens with one attached hydrogen (secondary N) is 2. The third-order valence-corrected chi connectivity index (χ3v) is 4.63. The fourth-order valence-corrected chi connectivity index (χ4v) is 2.96. The van der Waals surface area contributed by atoms with Gasteiger partial charge in [0.1, 0.15) is 6.61 Å². The summed E-state index contributed by atoms with van der Waals surface area (Å²) in [7, 11) is 1.20. The molecule has 0 saturated carbocycles. The van der Waals surface area contributed by atoms with E-state index in [0.29, 0.717) is 19.0 Å². The summed E-state index contributed by atoms with van der Waals surface area (Å²) < 4.78 is 51.4. The fourth-order valence-electron chi connectivity index (χ4n) is 2.96. The van der Waals surface area contributed by atoms with Gasteiger partial charge in [-0.3, -0.25) is 10.1 Å². The number of methoxy groups -OCH3 is 1. The molecule has 3 amide bonds. The molecule has 0 radical (unpaired) electrons. The van der Waals surface area contributed by atoms with E-state index >= 15 is 0 Å². The molecule has 0 aliphatic carbocycles. The summed E-state index contributed by atoms with van der Waals surface area (Å²) in [5.74, 6) is -1.41. The van der Waals surface area contributed by atoms with E-state index in [4.69, 9.17) is 9.47 Å². The van der Waals surface area contributed by atoms with E-state index in [9.17, 15) is 22.8 Å². The van der Waals surface area contributed by atoms with Gasteiger partial charge >= 0.3 is 12.2 Å². The molecule has 0 aliphatic rings. The van der Waals surface area contributed by atoms with Gasteiger partial charge in [0.2, 0.25) is 0 Å². The van der Waals surface area contributed by atoms with Crippen molar-refractivity contribution in [1.82, 2.24) is 10.6 Å². The number of urea groups is 1. The molecule has 0 aliphatic heterocycles. The van der Waals surface area contributed by atoms with E-state index < -0.39 is 29.2 Å². The van der Waals surface area contributed by atoms with Gasteiger partial charge < -0.3 is 14.8 Å². The zero-order valence-electron chi connectivity index (χ0n) is 18.1. The van der Waals surface area contributed by atoms with E-state index in [1.165, 1.54) is 7.11 Å². The monoisotopic (exact) mass is 452 g/mol. The molecule has 0 unspecified atom stereocenters. The van der Waals surface area contributed by atoms with E-state index in [1.54, 1.807) is 24.3 Å². The van der Waals surface area contributed by atoms with Crippen LogP contribution < -0.4 is 20.1 Å². The number of alkyl halides is 3. The highest BCUT2D eigenvalue weighted by Crippen LogP contribution is 2.39. The maximum Gasteiger partial charge on any atom is 0.417 e. The molecule has 6 nitrogen and oxygen atoms in total. The number of imide groups is 1. The lowest BCUT2D eigenvalue weighted by Gasteiger charge is -2.17. The molecule has 0 aromatic heterocycles. The first-order valence-electron chi connectivity index (χ1n) is 10.3. The third kappa shape index (κ3) is 7.47. The second-order valence-electron chi connectivity index (χ2n) is 7.09. The van der Waals surface area contributed by atoms with Crippen molar-refractivity contribution in [2.75, 3.05) is 13.7 Å². The van der Waals surface area contributed by atoms with Crippen molar-refractivity contribution in [3.8, 4) is 11.5 Å². The Morgan fingerprint density at radius 2 is 1.72 bits per heavy atom. The lowest BCUT2D eigenvalue weighted by Crippen LogP contribution is -2.40. The summed E-state index contributed by atoms with van der Waals surface area (Å²) in [6, 6.07) is 9.75. The van der Waals surface area contributed by atoms with Gasteiger partial charge in [0.25, 0.3) is 5.91 Å². The number of benzene rings is 2. The van der Waals surface area contributed by atoms with Crippen LogP contribution in [-0.2, 0) is 12.8 Å². The quantitative estimate of drug-likeness (QED) is 0.479. The Morgan fingerprint density at radius 3 is 2.34 bits per heavy atom. The minimum Gasteiger partial charge on any atom is -0.493 e. The number of amides is 3. The van der Waals surface area contributed by atoms with E-state index in [-0.39, 0.29) is 18.1 Å². The van der Waals surface area contributed by atoms with Crippen LogP contribution in [0.15, 0.2) is 42.5 Å². The normalized spacial score (nSPS) is 11.0. The zero-order valence-corrected chi connectivity index (χ0v) is 18.1. The number of hydrogen-bond donors (Lipinski definition) is 2. The second kappa shape index (κ2) is 12.0. The van der Waals surface area contributed by atoms with E-state index in [1.807, 2.05) is 18.3 Å². The second-order valence-corrected chi connectivity index (χ2v) is 7.09. The van der Waals surface area contributed by atoms with Crippen LogP contribution in [0.25, 0.3) is 0 Å². The van der Waals surface area contributed by atoms with Gasteiger partial charge in [-0.2, -0.15) is 13.2 Å². The Kier molecular flexibility index (Phi) is 9.37.